The van der Waals surface area contributed by atoms with Gasteiger partial charge < -0.3 is 20.3 Å². The zero-order valence-corrected chi connectivity index (χ0v) is 17.3. The van der Waals surface area contributed by atoms with Crippen LogP contribution in [-0.2, 0) is 14.4 Å². The summed E-state index contributed by atoms with van der Waals surface area (Å²) in [4.78, 5) is 42.3. The monoisotopic (exact) mass is 424 g/mol. The molecule has 4 rings (SSSR count). The predicted octanol–water partition coefficient (Wildman–Crippen LogP) is 3.25. The van der Waals surface area contributed by atoms with Crippen LogP contribution in [0.5, 0.6) is 5.75 Å². The first-order chi connectivity index (χ1) is 14.4. The van der Waals surface area contributed by atoms with Crippen LogP contribution in [0.4, 0.5) is 16.5 Å². The van der Waals surface area contributed by atoms with Gasteiger partial charge in [-0.2, -0.15) is 0 Å². The van der Waals surface area contributed by atoms with Gasteiger partial charge in [0.2, 0.25) is 17.7 Å². The molecular weight excluding hydrogens is 404 g/mol. The van der Waals surface area contributed by atoms with Gasteiger partial charge in [0.05, 0.1) is 23.2 Å². The summed E-state index contributed by atoms with van der Waals surface area (Å²) in [7, 11) is 1.60. The Morgan fingerprint density at radius 3 is 2.63 bits per heavy atom. The molecule has 0 saturated carbocycles. The Hall–Kier alpha value is -3.46. The molecule has 30 heavy (non-hydrogen) atoms. The average Bonchev–Trinajstić information content (AvgIpc) is 3.30. The number of amides is 3. The molecule has 1 aromatic heterocycles. The average molecular weight is 424 g/mol. The van der Waals surface area contributed by atoms with Gasteiger partial charge in [0.25, 0.3) is 0 Å². The highest BCUT2D eigenvalue weighted by atomic mass is 32.1. The number of anilines is 3. The highest BCUT2D eigenvalue weighted by molar-refractivity contribution is 7.22. The van der Waals surface area contributed by atoms with Crippen LogP contribution < -0.4 is 20.3 Å². The third-order valence-corrected chi connectivity index (χ3v) is 5.75. The van der Waals surface area contributed by atoms with Gasteiger partial charge in [-0.05, 0) is 42.5 Å². The number of hydrogen-bond donors (Lipinski definition) is 2. The first kappa shape index (κ1) is 19.8. The molecule has 1 atom stereocenters. The SMILES string of the molecule is COc1ccc2nc(NC(=O)C3CC(=O)N(c4ccc(NC(C)=O)cc4)C3)sc2c1. The quantitative estimate of drug-likeness (QED) is 0.655. The van der Waals surface area contributed by atoms with Crippen LogP contribution in [0.1, 0.15) is 13.3 Å². The van der Waals surface area contributed by atoms with Crippen molar-refractivity contribution in [3.63, 3.8) is 0 Å². The van der Waals surface area contributed by atoms with Gasteiger partial charge in [-0.15, -0.1) is 0 Å². The van der Waals surface area contributed by atoms with E-state index in [1.54, 1.807) is 36.3 Å². The maximum absolute atomic E-state index is 12.7. The molecular formula is C21H20N4O4S. The molecule has 9 heteroatoms. The predicted molar refractivity (Wildman–Crippen MR) is 116 cm³/mol. The Morgan fingerprint density at radius 1 is 1.17 bits per heavy atom. The molecule has 1 fully saturated rings. The van der Waals surface area contributed by atoms with Gasteiger partial charge in [-0.3, -0.25) is 14.4 Å². The molecule has 3 amide bonds. The number of methoxy groups -OCH3 is 1. The van der Waals surface area contributed by atoms with Crippen molar-refractivity contribution in [2.45, 2.75) is 13.3 Å². The van der Waals surface area contributed by atoms with Crippen molar-refractivity contribution in [1.82, 2.24) is 4.98 Å². The van der Waals surface area contributed by atoms with Crippen LogP contribution in [0.25, 0.3) is 10.2 Å². The fraction of sp³-hybridized carbons (Fsp3) is 0.238. The van der Waals surface area contributed by atoms with E-state index in [1.807, 2.05) is 18.2 Å². The Labute approximate surface area is 176 Å². The summed E-state index contributed by atoms with van der Waals surface area (Å²) in [6, 6.07) is 12.5. The van der Waals surface area contributed by atoms with Crippen molar-refractivity contribution in [1.29, 1.82) is 0 Å². The summed E-state index contributed by atoms with van der Waals surface area (Å²) in [6.07, 6.45) is 0.137. The number of benzene rings is 2. The summed E-state index contributed by atoms with van der Waals surface area (Å²) < 4.78 is 6.12. The van der Waals surface area contributed by atoms with Crippen molar-refractivity contribution >= 4 is 55.8 Å². The molecule has 8 nitrogen and oxygen atoms in total. The summed E-state index contributed by atoms with van der Waals surface area (Å²) >= 11 is 1.36. The summed E-state index contributed by atoms with van der Waals surface area (Å²) in [6.45, 7) is 1.73. The normalized spacial score (nSPS) is 16.0. The molecule has 0 spiro atoms. The molecule has 0 radical (unpaired) electrons. The lowest BCUT2D eigenvalue weighted by Crippen LogP contribution is -2.28. The van der Waals surface area contributed by atoms with E-state index in [1.165, 1.54) is 18.3 Å². The topological polar surface area (TPSA) is 101 Å². The Bertz CT molecular complexity index is 1130. The van der Waals surface area contributed by atoms with E-state index in [0.717, 1.165) is 16.0 Å². The fourth-order valence-corrected chi connectivity index (χ4v) is 4.25. The van der Waals surface area contributed by atoms with Gasteiger partial charge in [0.1, 0.15) is 5.75 Å². The molecule has 1 saturated heterocycles. The van der Waals surface area contributed by atoms with E-state index in [4.69, 9.17) is 4.74 Å². The zero-order valence-electron chi connectivity index (χ0n) is 16.5. The number of fused-ring (bicyclic) bond motifs is 1. The third-order valence-electron chi connectivity index (χ3n) is 4.82. The molecule has 1 aliphatic heterocycles. The Kier molecular flexibility index (Phi) is 5.37. The van der Waals surface area contributed by atoms with Crippen LogP contribution in [0, 0.1) is 5.92 Å². The third kappa shape index (κ3) is 4.11. The Morgan fingerprint density at radius 2 is 1.93 bits per heavy atom. The highest BCUT2D eigenvalue weighted by Crippen LogP contribution is 2.31. The number of hydrogen-bond acceptors (Lipinski definition) is 6. The number of carbonyl (C=O) groups excluding carboxylic acids is 3. The van der Waals surface area contributed by atoms with Crippen molar-refractivity contribution in [2.24, 2.45) is 5.92 Å². The fourth-order valence-electron chi connectivity index (χ4n) is 3.35. The van der Waals surface area contributed by atoms with Gasteiger partial charge in [-0.25, -0.2) is 4.98 Å². The molecule has 0 aliphatic carbocycles. The molecule has 2 aromatic carbocycles. The van der Waals surface area contributed by atoms with Gasteiger partial charge in [0.15, 0.2) is 5.13 Å². The van der Waals surface area contributed by atoms with E-state index in [-0.39, 0.29) is 24.1 Å². The van der Waals surface area contributed by atoms with Crippen LogP contribution >= 0.6 is 11.3 Å². The first-order valence-corrected chi connectivity index (χ1v) is 10.2. The number of rotatable bonds is 5. The minimum atomic E-state index is -0.464. The first-order valence-electron chi connectivity index (χ1n) is 9.36. The van der Waals surface area contributed by atoms with Crippen molar-refractivity contribution < 1.29 is 19.1 Å². The lowest BCUT2D eigenvalue weighted by atomic mass is 10.1. The van der Waals surface area contributed by atoms with Crippen molar-refractivity contribution in [2.75, 3.05) is 29.2 Å². The van der Waals surface area contributed by atoms with E-state index in [9.17, 15) is 14.4 Å². The molecule has 154 valence electrons. The van der Waals surface area contributed by atoms with Crippen LogP contribution in [0.3, 0.4) is 0 Å². The minimum absolute atomic E-state index is 0.114. The highest BCUT2D eigenvalue weighted by Gasteiger charge is 2.35. The number of carbonyl (C=O) groups is 3. The van der Waals surface area contributed by atoms with E-state index < -0.39 is 5.92 Å². The van der Waals surface area contributed by atoms with Crippen molar-refractivity contribution in [3.8, 4) is 5.75 Å². The number of aromatic nitrogens is 1. The summed E-state index contributed by atoms with van der Waals surface area (Å²) in [5.41, 5.74) is 2.12. The molecule has 1 unspecified atom stereocenters. The summed E-state index contributed by atoms with van der Waals surface area (Å²) in [5, 5.41) is 6.02. The van der Waals surface area contributed by atoms with Crippen LogP contribution in [-0.4, -0.2) is 36.4 Å². The van der Waals surface area contributed by atoms with Gasteiger partial charge >= 0.3 is 0 Å². The standard InChI is InChI=1S/C21H20N4O4S/c1-12(26)22-14-3-5-15(6-4-14)25-11-13(9-19(25)27)20(28)24-21-23-17-8-7-16(29-2)10-18(17)30-21/h3-8,10,13H,9,11H2,1-2H3,(H,22,26)(H,23,24,28). The zero-order chi connectivity index (χ0) is 21.3. The van der Waals surface area contributed by atoms with E-state index in [2.05, 4.69) is 15.6 Å². The minimum Gasteiger partial charge on any atom is -0.497 e. The number of thiazole rings is 1. The van der Waals surface area contributed by atoms with E-state index >= 15 is 0 Å². The van der Waals surface area contributed by atoms with Gasteiger partial charge in [0, 0.05) is 31.3 Å². The number of ether oxygens (including phenoxy) is 1. The van der Waals surface area contributed by atoms with Gasteiger partial charge in [-0.1, -0.05) is 11.3 Å². The molecule has 2 heterocycles. The van der Waals surface area contributed by atoms with Crippen LogP contribution in [0.2, 0.25) is 0 Å². The summed E-state index contributed by atoms with van der Waals surface area (Å²) in [5.74, 6) is -0.243. The van der Waals surface area contributed by atoms with Crippen molar-refractivity contribution in [3.05, 3.63) is 42.5 Å². The molecule has 1 aliphatic rings. The molecule has 3 aromatic rings. The second-order valence-corrected chi connectivity index (χ2v) is 8.01. The maximum atomic E-state index is 12.7. The van der Waals surface area contributed by atoms with Crippen LogP contribution in [0.15, 0.2) is 42.5 Å². The lowest BCUT2D eigenvalue weighted by Gasteiger charge is -2.17. The van der Waals surface area contributed by atoms with E-state index in [0.29, 0.717) is 23.1 Å². The molecule has 2 N–H and O–H groups in total. The Balaban J connectivity index is 1.43. The maximum Gasteiger partial charge on any atom is 0.231 e. The molecule has 0 bridgehead atoms. The number of nitrogens with zero attached hydrogens (tertiary/aromatic N) is 2. The number of nitrogens with one attached hydrogen (secondary N) is 2. The lowest BCUT2D eigenvalue weighted by molar-refractivity contribution is -0.122. The second kappa shape index (κ2) is 8.11. The largest absolute Gasteiger partial charge is 0.497 e. The smallest absolute Gasteiger partial charge is 0.231 e. The second-order valence-electron chi connectivity index (χ2n) is 6.98.